The molecule has 0 radical (unpaired) electrons. The van der Waals surface area contributed by atoms with E-state index in [9.17, 15) is 9.59 Å². The molecule has 0 saturated heterocycles. The smallest absolute Gasteiger partial charge is 0.335 e. The summed E-state index contributed by atoms with van der Waals surface area (Å²) in [5, 5.41) is 12.9. The number of aryl methyl sites for hydroxylation is 1. The maximum atomic E-state index is 12.8. The summed E-state index contributed by atoms with van der Waals surface area (Å²) in [4.78, 5) is 23.9. The molecule has 0 saturated carbocycles. The number of carboxylic acid groups (broad SMARTS) is 1. The Balaban J connectivity index is 1.92. The van der Waals surface area contributed by atoms with Crippen molar-refractivity contribution in [3.63, 3.8) is 0 Å². The van der Waals surface area contributed by atoms with E-state index in [-0.39, 0.29) is 17.2 Å². The van der Waals surface area contributed by atoms with Gasteiger partial charge >= 0.3 is 5.97 Å². The molecule has 0 atom stereocenters. The second-order valence-corrected chi connectivity index (χ2v) is 6.76. The number of aromatic nitrogens is 1. The van der Waals surface area contributed by atoms with E-state index in [4.69, 9.17) is 14.6 Å². The van der Waals surface area contributed by atoms with Crippen LogP contribution in [0.2, 0.25) is 0 Å². The molecule has 1 amide bonds. The largest absolute Gasteiger partial charge is 0.495 e. The molecule has 3 rings (SSSR count). The van der Waals surface area contributed by atoms with Crippen LogP contribution in [0.5, 0.6) is 5.75 Å². The third-order valence-electron chi connectivity index (χ3n) is 5.12. The van der Waals surface area contributed by atoms with Crippen LogP contribution in [0.4, 0.5) is 5.69 Å². The highest BCUT2D eigenvalue weighted by Crippen LogP contribution is 2.29. The summed E-state index contributed by atoms with van der Waals surface area (Å²) in [5.41, 5.74) is 4.32. The molecule has 0 bridgehead atoms. The SMILES string of the molecule is COCCn1c(C)c(C)c2cc(C(=O)Nc3ccc(C(=O)O)cc3OC)ccc21. The number of carbonyl (C=O) groups is 2. The summed E-state index contributed by atoms with van der Waals surface area (Å²) >= 11 is 0. The van der Waals surface area contributed by atoms with Crippen molar-refractivity contribution in [3.05, 3.63) is 58.8 Å². The topological polar surface area (TPSA) is 89.8 Å². The minimum atomic E-state index is -1.06. The van der Waals surface area contributed by atoms with E-state index in [1.54, 1.807) is 13.2 Å². The summed E-state index contributed by atoms with van der Waals surface area (Å²) in [6, 6.07) is 9.91. The molecule has 1 aromatic heterocycles. The average molecular weight is 396 g/mol. The lowest BCUT2D eigenvalue weighted by Gasteiger charge is -2.11. The van der Waals surface area contributed by atoms with Crippen molar-refractivity contribution in [2.24, 2.45) is 0 Å². The maximum absolute atomic E-state index is 12.8. The molecule has 2 N–H and O–H groups in total. The van der Waals surface area contributed by atoms with Gasteiger partial charge in [0, 0.05) is 35.8 Å². The molecule has 0 aliphatic heterocycles. The zero-order valence-corrected chi connectivity index (χ0v) is 16.9. The minimum Gasteiger partial charge on any atom is -0.495 e. The van der Waals surface area contributed by atoms with E-state index < -0.39 is 5.97 Å². The second-order valence-electron chi connectivity index (χ2n) is 6.76. The number of carbonyl (C=O) groups excluding carboxylic acids is 1. The quantitative estimate of drug-likeness (QED) is 0.633. The van der Waals surface area contributed by atoms with E-state index in [0.717, 1.165) is 28.7 Å². The van der Waals surface area contributed by atoms with Crippen LogP contribution in [0.3, 0.4) is 0 Å². The number of rotatable bonds is 7. The third kappa shape index (κ3) is 3.95. The second kappa shape index (κ2) is 8.36. The molecule has 0 spiro atoms. The highest BCUT2D eigenvalue weighted by atomic mass is 16.5. The highest BCUT2D eigenvalue weighted by Gasteiger charge is 2.16. The van der Waals surface area contributed by atoms with Gasteiger partial charge in [-0.25, -0.2) is 4.79 Å². The molecule has 0 unspecified atom stereocenters. The molecule has 7 nitrogen and oxygen atoms in total. The molecular formula is C22H24N2O5. The monoisotopic (exact) mass is 396 g/mol. The predicted molar refractivity (Wildman–Crippen MR) is 111 cm³/mol. The first kappa shape index (κ1) is 20.4. The van der Waals surface area contributed by atoms with Gasteiger partial charge in [0.15, 0.2) is 0 Å². The molecule has 7 heteroatoms. The lowest BCUT2D eigenvalue weighted by molar-refractivity contribution is 0.0696. The molecule has 0 aliphatic rings. The summed E-state index contributed by atoms with van der Waals surface area (Å²) in [7, 11) is 3.10. The molecule has 1 heterocycles. The zero-order valence-electron chi connectivity index (χ0n) is 16.9. The van der Waals surface area contributed by atoms with E-state index >= 15 is 0 Å². The van der Waals surface area contributed by atoms with Crippen molar-refractivity contribution in [1.29, 1.82) is 0 Å². The first-order valence-electron chi connectivity index (χ1n) is 9.18. The number of amides is 1. The van der Waals surface area contributed by atoms with E-state index in [2.05, 4.69) is 16.8 Å². The van der Waals surface area contributed by atoms with Gasteiger partial charge in [0.2, 0.25) is 0 Å². The first-order valence-corrected chi connectivity index (χ1v) is 9.18. The Morgan fingerprint density at radius 3 is 2.45 bits per heavy atom. The van der Waals surface area contributed by atoms with E-state index in [0.29, 0.717) is 17.9 Å². The summed E-state index contributed by atoms with van der Waals surface area (Å²) < 4.78 is 12.6. The number of hydrogen-bond acceptors (Lipinski definition) is 4. The molecule has 2 aromatic carbocycles. The fraction of sp³-hybridized carbons (Fsp3) is 0.273. The Morgan fingerprint density at radius 1 is 1.07 bits per heavy atom. The fourth-order valence-corrected chi connectivity index (χ4v) is 3.38. The Kier molecular flexibility index (Phi) is 5.89. The van der Waals surface area contributed by atoms with Gasteiger partial charge in [-0.3, -0.25) is 4.79 Å². The molecular weight excluding hydrogens is 372 g/mol. The van der Waals surface area contributed by atoms with Crippen LogP contribution in [0, 0.1) is 13.8 Å². The van der Waals surface area contributed by atoms with Crippen LogP contribution < -0.4 is 10.1 Å². The van der Waals surface area contributed by atoms with Gasteiger partial charge in [-0.15, -0.1) is 0 Å². The standard InChI is InChI=1S/C22H24N2O5/c1-13-14(2)24(9-10-28-3)19-8-6-15(11-17(13)19)21(25)23-18-7-5-16(22(26)27)12-20(18)29-4/h5-8,11-12H,9-10H2,1-4H3,(H,23,25)(H,26,27). The van der Waals surface area contributed by atoms with Gasteiger partial charge in [0.05, 0.1) is 25.0 Å². The average Bonchev–Trinajstić information content (AvgIpc) is 2.96. The van der Waals surface area contributed by atoms with E-state index in [1.807, 2.05) is 19.1 Å². The number of anilines is 1. The van der Waals surface area contributed by atoms with Crippen molar-refractivity contribution in [1.82, 2.24) is 4.57 Å². The van der Waals surface area contributed by atoms with Gasteiger partial charge in [-0.1, -0.05) is 0 Å². The number of hydrogen-bond donors (Lipinski definition) is 2. The highest BCUT2D eigenvalue weighted by molar-refractivity contribution is 6.07. The Labute approximate surface area is 168 Å². The van der Waals surface area contributed by atoms with Crippen LogP contribution >= 0.6 is 0 Å². The number of nitrogens with one attached hydrogen (secondary N) is 1. The van der Waals surface area contributed by atoms with Crippen molar-refractivity contribution >= 4 is 28.5 Å². The van der Waals surface area contributed by atoms with Crippen molar-refractivity contribution < 1.29 is 24.2 Å². The number of nitrogens with zero attached hydrogens (tertiary/aromatic N) is 1. The number of aromatic carboxylic acids is 1. The molecule has 0 aliphatic carbocycles. The lowest BCUT2D eigenvalue weighted by Crippen LogP contribution is -2.13. The van der Waals surface area contributed by atoms with Crippen molar-refractivity contribution in [3.8, 4) is 5.75 Å². The number of benzene rings is 2. The van der Waals surface area contributed by atoms with Gasteiger partial charge in [-0.05, 0) is 55.8 Å². The lowest BCUT2D eigenvalue weighted by atomic mass is 10.1. The normalized spacial score (nSPS) is 10.9. The van der Waals surface area contributed by atoms with Gasteiger partial charge in [0.25, 0.3) is 5.91 Å². The number of ether oxygens (including phenoxy) is 2. The van der Waals surface area contributed by atoms with Crippen molar-refractivity contribution in [2.75, 3.05) is 26.1 Å². The summed E-state index contributed by atoms with van der Waals surface area (Å²) in [6.45, 7) is 5.44. The van der Waals surface area contributed by atoms with Gasteiger partial charge < -0.3 is 24.5 Å². The number of carboxylic acids is 1. The van der Waals surface area contributed by atoms with Crippen LogP contribution in [0.25, 0.3) is 10.9 Å². The molecule has 29 heavy (non-hydrogen) atoms. The van der Waals surface area contributed by atoms with Gasteiger partial charge in [0.1, 0.15) is 5.75 Å². The Morgan fingerprint density at radius 2 is 1.79 bits per heavy atom. The van der Waals surface area contributed by atoms with Crippen LogP contribution in [-0.2, 0) is 11.3 Å². The number of fused-ring (bicyclic) bond motifs is 1. The molecule has 152 valence electrons. The maximum Gasteiger partial charge on any atom is 0.335 e. The Bertz CT molecular complexity index is 1080. The van der Waals surface area contributed by atoms with Crippen LogP contribution in [0.15, 0.2) is 36.4 Å². The summed E-state index contributed by atoms with van der Waals surface area (Å²) in [6.07, 6.45) is 0. The van der Waals surface area contributed by atoms with Gasteiger partial charge in [-0.2, -0.15) is 0 Å². The molecule has 0 fully saturated rings. The van der Waals surface area contributed by atoms with Crippen LogP contribution in [0.1, 0.15) is 32.0 Å². The van der Waals surface area contributed by atoms with E-state index in [1.165, 1.54) is 25.3 Å². The molecule has 3 aromatic rings. The predicted octanol–water partition coefficient (Wildman–Crippen LogP) is 3.86. The fourth-order valence-electron chi connectivity index (χ4n) is 3.38. The summed E-state index contributed by atoms with van der Waals surface area (Å²) in [5.74, 6) is -1.07. The van der Waals surface area contributed by atoms with Crippen molar-refractivity contribution in [2.45, 2.75) is 20.4 Å². The van der Waals surface area contributed by atoms with Crippen LogP contribution in [-0.4, -0.2) is 42.4 Å². The Hall–Kier alpha value is -3.32. The third-order valence-corrected chi connectivity index (χ3v) is 5.12. The first-order chi connectivity index (χ1) is 13.9. The number of methoxy groups -OCH3 is 2. The minimum absolute atomic E-state index is 0.0877. The zero-order chi connectivity index (χ0) is 21.1.